The molecule has 3 aromatic rings. The lowest BCUT2D eigenvalue weighted by Crippen LogP contribution is -2.50. The number of rotatable bonds is 6. The van der Waals surface area contributed by atoms with Crippen LogP contribution in [0.25, 0.3) is 22.3 Å². The molecule has 2 aromatic heterocycles. The number of sulfonamides is 1. The predicted molar refractivity (Wildman–Crippen MR) is 133 cm³/mol. The maximum atomic E-state index is 13.3. The Morgan fingerprint density at radius 3 is 2.53 bits per heavy atom. The Bertz CT molecular complexity index is 1360. The molecule has 36 heavy (non-hydrogen) atoms. The first-order chi connectivity index (χ1) is 17.3. The molecule has 12 nitrogen and oxygen atoms in total. The molecule has 0 aliphatic carbocycles. The Balaban J connectivity index is 1.48. The van der Waals surface area contributed by atoms with Crippen molar-refractivity contribution in [2.24, 2.45) is 0 Å². The Kier molecular flexibility index (Phi) is 6.99. The SMILES string of the molecule is CS(=O)(=O)N1CCN(CC(=O)n2ncc3c(-c4cccc(CO)c4)nc(N4CCOCC4)nc32)CC1. The van der Waals surface area contributed by atoms with Gasteiger partial charge in [0, 0.05) is 44.8 Å². The topological polar surface area (TPSA) is 134 Å². The zero-order valence-corrected chi connectivity index (χ0v) is 20.9. The fraction of sp³-hybridized carbons (Fsp3) is 0.478. The van der Waals surface area contributed by atoms with Gasteiger partial charge in [-0.1, -0.05) is 18.2 Å². The van der Waals surface area contributed by atoms with Gasteiger partial charge < -0.3 is 14.7 Å². The van der Waals surface area contributed by atoms with Crippen LogP contribution >= 0.6 is 0 Å². The van der Waals surface area contributed by atoms with E-state index in [2.05, 4.69) is 5.10 Å². The van der Waals surface area contributed by atoms with E-state index in [0.717, 1.165) is 11.1 Å². The van der Waals surface area contributed by atoms with Gasteiger partial charge in [-0.3, -0.25) is 9.69 Å². The zero-order chi connectivity index (χ0) is 25.3. The van der Waals surface area contributed by atoms with Crippen molar-refractivity contribution < 1.29 is 23.1 Å². The first-order valence-corrected chi connectivity index (χ1v) is 13.7. The van der Waals surface area contributed by atoms with Crippen LogP contribution in [-0.4, -0.2) is 114 Å². The van der Waals surface area contributed by atoms with Crippen molar-refractivity contribution in [1.29, 1.82) is 0 Å². The smallest absolute Gasteiger partial charge is 0.263 e. The number of benzene rings is 1. The molecule has 0 radical (unpaired) electrons. The van der Waals surface area contributed by atoms with E-state index in [1.807, 2.05) is 34.1 Å². The van der Waals surface area contributed by atoms with E-state index in [9.17, 15) is 18.3 Å². The summed E-state index contributed by atoms with van der Waals surface area (Å²) in [5.41, 5.74) is 2.60. The highest BCUT2D eigenvalue weighted by atomic mass is 32.2. The lowest BCUT2D eigenvalue weighted by atomic mass is 10.1. The summed E-state index contributed by atoms with van der Waals surface area (Å²) in [6, 6.07) is 7.46. The van der Waals surface area contributed by atoms with E-state index in [1.165, 1.54) is 15.2 Å². The summed E-state index contributed by atoms with van der Waals surface area (Å²) in [6.45, 7) is 4.02. The lowest BCUT2D eigenvalue weighted by Gasteiger charge is -2.32. The maximum absolute atomic E-state index is 13.3. The molecule has 1 N–H and O–H groups in total. The molecule has 192 valence electrons. The number of nitrogens with zero attached hydrogens (tertiary/aromatic N) is 7. The van der Waals surface area contributed by atoms with E-state index in [1.54, 1.807) is 6.20 Å². The van der Waals surface area contributed by atoms with E-state index in [0.29, 0.717) is 75.2 Å². The number of hydrogen-bond donors (Lipinski definition) is 1. The number of carbonyl (C=O) groups is 1. The van der Waals surface area contributed by atoms with Gasteiger partial charge in [0.2, 0.25) is 16.0 Å². The quantitative estimate of drug-likeness (QED) is 0.480. The molecular weight excluding hydrogens is 486 g/mol. The third-order valence-electron chi connectivity index (χ3n) is 6.49. The number of aliphatic hydroxyl groups is 1. The van der Waals surface area contributed by atoms with Crippen LogP contribution in [0, 0.1) is 0 Å². The number of morpholine rings is 1. The molecule has 1 aromatic carbocycles. The average molecular weight is 516 g/mol. The molecule has 4 heterocycles. The third-order valence-corrected chi connectivity index (χ3v) is 7.79. The van der Waals surface area contributed by atoms with Gasteiger partial charge in [0.1, 0.15) is 0 Å². The van der Waals surface area contributed by atoms with Gasteiger partial charge in [-0.15, -0.1) is 0 Å². The standard InChI is InChI=1S/C23H29N7O5S/c1-36(33,34)29-7-5-27(6-8-29)15-20(32)30-22-19(14-24-30)21(18-4-2-3-17(13-18)16-31)25-23(26-22)28-9-11-35-12-10-28/h2-4,13-14,31H,5-12,15-16H2,1H3. The van der Waals surface area contributed by atoms with Crippen LogP contribution < -0.4 is 4.90 Å². The average Bonchev–Trinajstić information content (AvgIpc) is 3.33. The molecule has 0 bridgehead atoms. The van der Waals surface area contributed by atoms with Gasteiger partial charge in [-0.05, 0) is 11.6 Å². The number of piperazine rings is 1. The summed E-state index contributed by atoms with van der Waals surface area (Å²) in [4.78, 5) is 26.8. The van der Waals surface area contributed by atoms with Gasteiger partial charge in [0.25, 0.3) is 5.91 Å². The van der Waals surface area contributed by atoms with Crippen molar-refractivity contribution >= 4 is 32.9 Å². The van der Waals surface area contributed by atoms with Crippen molar-refractivity contribution in [3.8, 4) is 11.3 Å². The van der Waals surface area contributed by atoms with Crippen molar-refractivity contribution in [2.45, 2.75) is 6.61 Å². The fourth-order valence-corrected chi connectivity index (χ4v) is 5.33. The number of carbonyl (C=O) groups excluding carboxylic acids is 1. The van der Waals surface area contributed by atoms with Gasteiger partial charge in [0.15, 0.2) is 5.65 Å². The van der Waals surface area contributed by atoms with Crippen LogP contribution in [0.3, 0.4) is 0 Å². The number of hydrogen-bond acceptors (Lipinski definition) is 10. The number of anilines is 1. The van der Waals surface area contributed by atoms with Crippen LogP contribution in [0.5, 0.6) is 0 Å². The molecule has 0 unspecified atom stereocenters. The molecule has 0 atom stereocenters. The van der Waals surface area contributed by atoms with Crippen LogP contribution in [0.4, 0.5) is 5.95 Å². The summed E-state index contributed by atoms with van der Waals surface area (Å²) in [5, 5.41) is 14.6. The largest absolute Gasteiger partial charge is 0.392 e. The first-order valence-electron chi connectivity index (χ1n) is 11.8. The third kappa shape index (κ3) is 5.11. The summed E-state index contributed by atoms with van der Waals surface area (Å²) < 4.78 is 31.8. The Morgan fingerprint density at radius 1 is 1.08 bits per heavy atom. The molecule has 13 heteroatoms. The first kappa shape index (κ1) is 24.7. The number of fused-ring (bicyclic) bond motifs is 1. The van der Waals surface area contributed by atoms with Crippen LogP contribution in [0.15, 0.2) is 30.5 Å². The van der Waals surface area contributed by atoms with E-state index < -0.39 is 10.0 Å². The second kappa shape index (κ2) is 10.2. The predicted octanol–water partition coefficient (Wildman–Crippen LogP) is 0.0396. The Labute approximate surface area is 209 Å². The Hall–Kier alpha value is -2.97. The van der Waals surface area contributed by atoms with Crippen molar-refractivity contribution in [2.75, 3.05) is 70.2 Å². The molecule has 0 amide bonds. The molecule has 2 aliphatic rings. The van der Waals surface area contributed by atoms with Crippen LogP contribution in [0.1, 0.15) is 10.4 Å². The van der Waals surface area contributed by atoms with Crippen molar-refractivity contribution in [1.82, 2.24) is 29.0 Å². The minimum Gasteiger partial charge on any atom is -0.392 e. The van der Waals surface area contributed by atoms with Gasteiger partial charge >= 0.3 is 0 Å². The molecule has 2 saturated heterocycles. The fourth-order valence-electron chi connectivity index (χ4n) is 4.50. The summed E-state index contributed by atoms with van der Waals surface area (Å²) in [5.74, 6) is 0.242. The minimum absolute atomic E-state index is 0.0945. The van der Waals surface area contributed by atoms with Gasteiger partial charge in [0.05, 0.1) is 49.9 Å². The number of aromatic nitrogens is 4. The zero-order valence-electron chi connectivity index (χ0n) is 20.1. The highest BCUT2D eigenvalue weighted by molar-refractivity contribution is 7.88. The minimum atomic E-state index is -3.24. The van der Waals surface area contributed by atoms with Crippen molar-refractivity contribution in [3.63, 3.8) is 0 Å². The molecule has 2 fully saturated rings. The summed E-state index contributed by atoms with van der Waals surface area (Å²) >= 11 is 0. The molecule has 5 rings (SSSR count). The molecule has 0 spiro atoms. The van der Waals surface area contributed by atoms with Crippen LogP contribution in [0.2, 0.25) is 0 Å². The highest BCUT2D eigenvalue weighted by Gasteiger charge is 2.27. The maximum Gasteiger partial charge on any atom is 0.263 e. The van der Waals surface area contributed by atoms with Gasteiger partial charge in [-0.2, -0.15) is 19.1 Å². The van der Waals surface area contributed by atoms with Gasteiger partial charge in [-0.25, -0.2) is 13.4 Å². The highest BCUT2D eigenvalue weighted by Crippen LogP contribution is 2.29. The number of aliphatic hydroxyl groups excluding tert-OH is 1. The summed E-state index contributed by atoms with van der Waals surface area (Å²) in [7, 11) is -3.24. The molecule has 2 aliphatic heterocycles. The Morgan fingerprint density at radius 2 is 1.83 bits per heavy atom. The molecular formula is C23H29N7O5S. The van der Waals surface area contributed by atoms with Crippen molar-refractivity contribution in [3.05, 3.63) is 36.0 Å². The van der Waals surface area contributed by atoms with E-state index in [-0.39, 0.29) is 19.1 Å². The summed E-state index contributed by atoms with van der Waals surface area (Å²) in [6.07, 6.45) is 2.79. The normalized spacial score (nSPS) is 18.1. The monoisotopic (exact) mass is 515 g/mol. The van der Waals surface area contributed by atoms with Crippen LogP contribution in [-0.2, 0) is 21.4 Å². The second-order valence-corrected chi connectivity index (χ2v) is 10.9. The van der Waals surface area contributed by atoms with E-state index >= 15 is 0 Å². The molecule has 0 saturated carbocycles. The lowest BCUT2D eigenvalue weighted by molar-refractivity contribution is 0.0809. The second-order valence-electron chi connectivity index (χ2n) is 8.96. The number of ether oxygens (including phenoxy) is 1. The van der Waals surface area contributed by atoms with E-state index in [4.69, 9.17) is 14.7 Å².